The van der Waals surface area contributed by atoms with E-state index in [1.165, 1.54) is 5.56 Å². The number of nitrogens with one attached hydrogen (secondary N) is 1. The maximum atomic E-state index is 10.1. The molecule has 2 heterocycles. The van der Waals surface area contributed by atoms with Crippen molar-refractivity contribution >= 4 is 23.2 Å². The molecule has 0 bridgehead atoms. The van der Waals surface area contributed by atoms with E-state index in [-0.39, 0.29) is 11.8 Å². The SMILES string of the molecule is CCC1(CC)Nc2nc(N)nc(O)c2N=C1COc1ccc(C)cc1. The summed E-state index contributed by atoms with van der Waals surface area (Å²) in [7, 11) is 0. The Balaban J connectivity index is 1.94. The molecule has 0 saturated carbocycles. The van der Waals surface area contributed by atoms with E-state index in [4.69, 9.17) is 10.5 Å². The van der Waals surface area contributed by atoms with Crippen LogP contribution < -0.4 is 15.8 Å². The number of nitrogen functional groups attached to an aromatic ring is 1. The van der Waals surface area contributed by atoms with Gasteiger partial charge in [0, 0.05) is 0 Å². The van der Waals surface area contributed by atoms with Crippen LogP contribution in [0, 0.1) is 6.92 Å². The van der Waals surface area contributed by atoms with Gasteiger partial charge in [-0.05, 0) is 31.9 Å². The van der Waals surface area contributed by atoms with Crippen LogP contribution in [0.4, 0.5) is 17.5 Å². The van der Waals surface area contributed by atoms with Gasteiger partial charge >= 0.3 is 0 Å². The van der Waals surface area contributed by atoms with E-state index >= 15 is 0 Å². The third kappa shape index (κ3) is 3.22. The van der Waals surface area contributed by atoms with Gasteiger partial charge in [-0.15, -0.1) is 0 Å². The molecular formula is C18H23N5O2. The third-order valence-corrected chi connectivity index (χ3v) is 4.64. The van der Waals surface area contributed by atoms with Crippen LogP contribution in [0.5, 0.6) is 11.6 Å². The Morgan fingerprint density at radius 2 is 1.84 bits per heavy atom. The molecule has 0 fully saturated rings. The van der Waals surface area contributed by atoms with E-state index in [2.05, 4.69) is 34.1 Å². The van der Waals surface area contributed by atoms with E-state index in [1.807, 2.05) is 31.2 Å². The van der Waals surface area contributed by atoms with Gasteiger partial charge in [0.25, 0.3) is 0 Å². The van der Waals surface area contributed by atoms with E-state index in [1.54, 1.807) is 0 Å². The van der Waals surface area contributed by atoms with Crippen molar-refractivity contribution in [3.05, 3.63) is 29.8 Å². The molecule has 0 amide bonds. The molecule has 0 atom stereocenters. The Morgan fingerprint density at radius 3 is 2.48 bits per heavy atom. The lowest BCUT2D eigenvalue weighted by atomic mass is 9.86. The van der Waals surface area contributed by atoms with E-state index in [0.717, 1.165) is 24.3 Å². The first-order valence-corrected chi connectivity index (χ1v) is 8.39. The number of ether oxygens (including phenoxy) is 1. The molecule has 4 N–H and O–H groups in total. The molecule has 3 rings (SSSR count). The number of rotatable bonds is 5. The first kappa shape index (κ1) is 17.0. The summed E-state index contributed by atoms with van der Waals surface area (Å²) in [5.74, 6) is 1.01. The zero-order chi connectivity index (χ0) is 18.0. The van der Waals surface area contributed by atoms with Crippen molar-refractivity contribution in [2.45, 2.75) is 39.2 Å². The fraction of sp³-hybridized carbons (Fsp3) is 0.389. The molecule has 7 heteroatoms. The van der Waals surface area contributed by atoms with Gasteiger partial charge in [-0.2, -0.15) is 9.97 Å². The van der Waals surface area contributed by atoms with Crippen LogP contribution in [0.1, 0.15) is 32.3 Å². The van der Waals surface area contributed by atoms with Gasteiger partial charge < -0.3 is 20.9 Å². The van der Waals surface area contributed by atoms with Gasteiger partial charge in [0.1, 0.15) is 12.4 Å². The third-order valence-electron chi connectivity index (χ3n) is 4.64. The molecule has 0 saturated heterocycles. The lowest BCUT2D eigenvalue weighted by Gasteiger charge is -2.38. The summed E-state index contributed by atoms with van der Waals surface area (Å²) in [6.07, 6.45) is 1.59. The fourth-order valence-electron chi connectivity index (χ4n) is 2.98. The maximum absolute atomic E-state index is 10.1. The Kier molecular flexibility index (Phi) is 4.48. The molecule has 0 spiro atoms. The minimum Gasteiger partial charge on any atom is -0.492 e. The van der Waals surface area contributed by atoms with Crippen molar-refractivity contribution in [3.63, 3.8) is 0 Å². The molecule has 0 aliphatic carbocycles. The number of hydrogen-bond acceptors (Lipinski definition) is 7. The van der Waals surface area contributed by atoms with Crippen LogP contribution in [0.2, 0.25) is 0 Å². The predicted molar refractivity (Wildman–Crippen MR) is 98.8 cm³/mol. The second kappa shape index (κ2) is 6.58. The molecule has 0 unspecified atom stereocenters. The summed E-state index contributed by atoms with van der Waals surface area (Å²) >= 11 is 0. The summed E-state index contributed by atoms with van der Waals surface area (Å²) in [6, 6.07) is 7.86. The van der Waals surface area contributed by atoms with E-state index < -0.39 is 5.54 Å². The monoisotopic (exact) mass is 341 g/mol. The summed E-state index contributed by atoms with van der Waals surface area (Å²) in [4.78, 5) is 12.6. The minimum atomic E-state index is -0.398. The van der Waals surface area contributed by atoms with Crippen molar-refractivity contribution in [2.24, 2.45) is 4.99 Å². The zero-order valence-corrected chi connectivity index (χ0v) is 14.7. The number of aromatic nitrogens is 2. The molecule has 2 aromatic rings. The normalized spacial score (nSPS) is 15.1. The molecule has 1 aromatic carbocycles. The highest BCUT2D eigenvalue weighted by atomic mass is 16.5. The van der Waals surface area contributed by atoms with Crippen molar-refractivity contribution in [1.82, 2.24) is 9.97 Å². The first-order chi connectivity index (χ1) is 12.0. The molecule has 1 aliphatic rings. The van der Waals surface area contributed by atoms with Gasteiger partial charge in [0.2, 0.25) is 11.8 Å². The summed E-state index contributed by atoms with van der Waals surface area (Å²) in [6.45, 7) is 6.49. The van der Waals surface area contributed by atoms with Crippen LogP contribution in [0.3, 0.4) is 0 Å². The summed E-state index contributed by atoms with van der Waals surface area (Å²) in [5.41, 5.74) is 7.52. The van der Waals surface area contributed by atoms with Crippen LogP contribution >= 0.6 is 0 Å². The van der Waals surface area contributed by atoms with Crippen molar-refractivity contribution in [2.75, 3.05) is 17.7 Å². The highest BCUT2D eigenvalue weighted by Gasteiger charge is 2.38. The molecular weight excluding hydrogens is 318 g/mol. The number of hydrogen-bond donors (Lipinski definition) is 3. The predicted octanol–water partition coefficient (Wildman–Crippen LogP) is 3.21. The standard InChI is InChI=1S/C18H23N5O2/c1-4-18(5-2)13(10-25-12-8-6-11(3)7-9-12)20-14-15(23-18)21-17(19)22-16(14)24/h6-9H,4-5,10H2,1-3H3,(H4,19,21,22,23,24). The lowest BCUT2D eigenvalue weighted by molar-refractivity contribution is 0.362. The van der Waals surface area contributed by atoms with Crippen molar-refractivity contribution in [1.29, 1.82) is 0 Å². The van der Waals surface area contributed by atoms with Crippen molar-refractivity contribution < 1.29 is 9.84 Å². The molecule has 7 nitrogen and oxygen atoms in total. The number of benzene rings is 1. The Morgan fingerprint density at radius 1 is 1.16 bits per heavy atom. The average molecular weight is 341 g/mol. The van der Waals surface area contributed by atoms with Crippen LogP contribution in [0.15, 0.2) is 29.3 Å². The molecule has 132 valence electrons. The Bertz CT molecular complexity index is 798. The number of aliphatic imine (C=N–C) groups is 1. The van der Waals surface area contributed by atoms with Crippen LogP contribution in [-0.2, 0) is 0 Å². The average Bonchev–Trinajstić information content (AvgIpc) is 2.60. The number of aryl methyl sites for hydroxylation is 1. The second-order valence-electron chi connectivity index (χ2n) is 6.18. The summed E-state index contributed by atoms with van der Waals surface area (Å²) < 4.78 is 5.92. The van der Waals surface area contributed by atoms with Gasteiger partial charge in [-0.1, -0.05) is 31.5 Å². The number of fused-ring (bicyclic) bond motifs is 1. The van der Waals surface area contributed by atoms with E-state index in [9.17, 15) is 5.11 Å². The number of anilines is 2. The molecule has 1 aromatic heterocycles. The molecule has 1 aliphatic heterocycles. The van der Waals surface area contributed by atoms with Gasteiger partial charge in [0.15, 0.2) is 11.5 Å². The quantitative estimate of drug-likeness (QED) is 0.771. The minimum absolute atomic E-state index is 0.0133. The second-order valence-corrected chi connectivity index (χ2v) is 6.18. The smallest absolute Gasteiger partial charge is 0.244 e. The maximum Gasteiger partial charge on any atom is 0.244 e. The van der Waals surface area contributed by atoms with Crippen molar-refractivity contribution in [3.8, 4) is 11.6 Å². The highest BCUT2D eigenvalue weighted by Crippen LogP contribution is 2.40. The van der Waals surface area contributed by atoms with Crippen LogP contribution in [0.25, 0.3) is 0 Å². The van der Waals surface area contributed by atoms with E-state index in [0.29, 0.717) is 18.1 Å². The van der Waals surface area contributed by atoms with Gasteiger partial charge in [0.05, 0.1) is 11.3 Å². The molecule has 0 radical (unpaired) electrons. The zero-order valence-electron chi connectivity index (χ0n) is 14.7. The largest absolute Gasteiger partial charge is 0.492 e. The fourth-order valence-corrected chi connectivity index (χ4v) is 2.98. The Hall–Kier alpha value is -2.83. The number of aromatic hydroxyl groups is 1. The molecule has 25 heavy (non-hydrogen) atoms. The first-order valence-electron chi connectivity index (χ1n) is 8.39. The number of nitrogens with two attached hydrogens (primary N) is 1. The summed E-state index contributed by atoms with van der Waals surface area (Å²) in [5, 5.41) is 13.5. The Labute approximate surface area is 147 Å². The van der Waals surface area contributed by atoms with Gasteiger partial charge in [-0.3, -0.25) is 0 Å². The topological polar surface area (TPSA) is 106 Å². The highest BCUT2D eigenvalue weighted by molar-refractivity contribution is 6.02. The lowest BCUT2D eigenvalue weighted by Crippen LogP contribution is -2.49. The van der Waals surface area contributed by atoms with Crippen LogP contribution in [-0.4, -0.2) is 32.9 Å². The number of nitrogens with zero attached hydrogens (tertiary/aromatic N) is 3. The van der Waals surface area contributed by atoms with Gasteiger partial charge in [-0.25, -0.2) is 4.99 Å².